The molecule has 3 aromatic carbocycles. The van der Waals surface area contributed by atoms with Crippen molar-refractivity contribution in [3.8, 4) is 17.2 Å². The van der Waals surface area contributed by atoms with Gasteiger partial charge in [0.1, 0.15) is 34.4 Å². The van der Waals surface area contributed by atoms with Crippen LogP contribution in [0.5, 0.6) is 17.2 Å². The van der Waals surface area contributed by atoms with Gasteiger partial charge in [-0.2, -0.15) is 0 Å². The average molecular weight is 525 g/mol. The molecule has 0 radical (unpaired) electrons. The summed E-state index contributed by atoms with van der Waals surface area (Å²) in [5, 5.41) is 9.37. The molecule has 0 saturated carbocycles. The van der Waals surface area contributed by atoms with Crippen molar-refractivity contribution >= 4 is 35.1 Å². The SMILES string of the molecule is NC(=S)c1ccc(OC(=O)CCC(=O)Oc2ccccc2C(=O)Oc2ccc(CO[N+](=O)[O-])cc2)cc1. The summed E-state index contributed by atoms with van der Waals surface area (Å²) >= 11 is 4.86. The first-order chi connectivity index (χ1) is 17.7. The van der Waals surface area contributed by atoms with Crippen LogP contribution in [-0.4, -0.2) is 28.0 Å². The molecule has 0 atom stereocenters. The number of hydrogen-bond acceptors (Lipinski definition) is 10. The number of nitrogens with zero attached hydrogens (tertiary/aromatic N) is 1. The second-order valence-electron chi connectivity index (χ2n) is 7.36. The number of hydrogen-bond donors (Lipinski definition) is 1. The molecule has 0 aliphatic rings. The number of para-hydroxylation sites is 1. The summed E-state index contributed by atoms with van der Waals surface area (Å²) in [6, 6.07) is 18.1. The molecule has 2 N–H and O–H groups in total. The fourth-order valence-corrected chi connectivity index (χ4v) is 3.05. The lowest BCUT2D eigenvalue weighted by molar-refractivity contribution is -0.763. The largest absolute Gasteiger partial charge is 0.427 e. The van der Waals surface area contributed by atoms with E-state index in [0.717, 1.165) is 0 Å². The van der Waals surface area contributed by atoms with Crippen molar-refractivity contribution < 1.29 is 38.5 Å². The summed E-state index contributed by atoms with van der Waals surface area (Å²) in [5.41, 5.74) is 6.63. The number of nitrogens with two attached hydrogens (primary N) is 1. The zero-order chi connectivity index (χ0) is 26.8. The third-order valence-electron chi connectivity index (χ3n) is 4.71. The maximum Gasteiger partial charge on any atom is 0.347 e. The van der Waals surface area contributed by atoms with E-state index in [-0.39, 0.29) is 47.2 Å². The van der Waals surface area contributed by atoms with E-state index in [2.05, 4.69) is 4.84 Å². The molecule has 0 spiro atoms. The van der Waals surface area contributed by atoms with Crippen molar-refractivity contribution in [2.45, 2.75) is 19.4 Å². The molecular formula is C25H20N2O9S. The van der Waals surface area contributed by atoms with Gasteiger partial charge in [0, 0.05) is 5.56 Å². The van der Waals surface area contributed by atoms with Crippen LogP contribution in [0, 0.1) is 10.1 Å². The van der Waals surface area contributed by atoms with Crippen LogP contribution in [0.25, 0.3) is 0 Å². The molecule has 190 valence electrons. The van der Waals surface area contributed by atoms with Crippen molar-refractivity contribution in [2.24, 2.45) is 5.73 Å². The topological polar surface area (TPSA) is 157 Å². The van der Waals surface area contributed by atoms with Gasteiger partial charge in [0.2, 0.25) is 0 Å². The maximum atomic E-state index is 12.6. The van der Waals surface area contributed by atoms with Gasteiger partial charge < -0.3 is 24.8 Å². The Balaban J connectivity index is 1.53. The quantitative estimate of drug-likeness (QED) is 0.129. The van der Waals surface area contributed by atoms with Gasteiger partial charge in [0.05, 0.1) is 12.8 Å². The van der Waals surface area contributed by atoms with Gasteiger partial charge in [-0.1, -0.05) is 36.5 Å². The molecule has 3 rings (SSSR count). The monoisotopic (exact) mass is 524 g/mol. The van der Waals surface area contributed by atoms with Crippen LogP contribution >= 0.6 is 12.2 Å². The number of thiocarbonyl (C=S) groups is 1. The Kier molecular flexibility index (Phi) is 9.22. The number of ether oxygens (including phenoxy) is 3. The van der Waals surface area contributed by atoms with Gasteiger partial charge in [-0.25, -0.2) is 4.79 Å². The van der Waals surface area contributed by atoms with Crippen LogP contribution in [-0.2, 0) is 21.0 Å². The molecule has 0 aliphatic heterocycles. The molecule has 3 aromatic rings. The molecule has 0 aliphatic carbocycles. The van der Waals surface area contributed by atoms with E-state index >= 15 is 0 Å². The lowest BCUT2D eigenvalue weighted by Gasteiger charge is -2.10. The summed E-state index contributed by atoms with van der Waals surface area (Å²) in [6.45, 7) is -0.247. The summed E-state index contributed by atoms with van der Waals surface area (Å²) in [6.07, 6.45) is -0.546. The first-order valence-electron chi connectivity index (χ1n) is 10.7. The zero-order valence-corrected chi connectivity index (χ0v) is 20.0. The molecule has 11 nitrogen and oxygen atoms in total. The fraction of sp³-hybridized carbons (Fsp3) is 0.120. The first-order valence-corrected chi connectivity index (χ1v) is 11.1. The molecule has 37 heavy (non-hydrogen) atoms. The minimum absolute atomic E-state index is 0.0166. The smallest absolute Gasteiger partial charge is 0.347 e. The predicted octanol–water partition coefficient (Wildman–Crippen LogP) is 3.54. The van der Waals surface area contributed by atoms with E-state index in [1.54, 1.807) is 24.3 Å². The van der Waals surface area contributed by atoms with Crippen LogP contribution in [0.4, 0.5) is 0 Å². The van der Waals surface area contributed by atoms with Gasteiger partial charge in [-0.3, -0.25) is 9.59 Å². The zero-order valence-electron chi connectivity index (χ0n) is 19.2. The Morgan fingerprint density at radius 3 is 2.00 bits per heavy atom. The van der Waals surface area contributed by atoms with Crippen LogP contribution in [0.1, 0.15) is 34.3 Å². The Morgan fingerprint density at radius 1 is 0.811 bits per heavy atom. The van der Waals surface area contributed by atoms with Crippen LogP contribution < -0.4 is 19.9 Å². The molecular weight excluding hydrogens is 504 g/mol. The van der Waals surface area contributed by atoms with E-state index in [0.29, 0.717) is 11.1 Å². The van der Waals surface area contributed by atoms with Crippen molar-refractivity contribution in [1.82, 2.24) is 0 Å². The summed E-state index contributed by atoms with van der Waals surface area (Å²) in [4.78, 5) is 51.8. The molecule has 0 fully saturated rings. The molecule has 0 unspecified atom stereocenters. The third-order valence-corrected chi connectivity index (χ3v) is 4.94. The Morgan fingerprint density at radius 2 is 1.38 bits per heavy atom. The highest BCUT2D eigenvalue weighted by molar-refractivity contribution is 7.80. The van der Waals surface area contributed by atoms with E-state index in [9.17, 15) is 24.5 Å². The molecule has 0 aromatic heterocycles. The molecule has 0 bridgehead atoms. The van der Waals surface area contributed by atoms with Gasteiger partial charge in [-0.05, 0) is 54.1 Å². The minimum atomic E-state index is -0.910. The number of carbonyl (C=O) groups excluding carboxylic acids is 3. The number of benzene rings is 3. The minimum Gasteiger partial charge on any atom is -0.427 e. The van der Waals surface area contributed by atoms with Crippen LogP contribution in [0.15, 0.2) is 72.8 Å². The predicted molar refractivity (Wildman–Crippen MR) is 132 cm³/mol. The molecule has 0 amide bonds. The van der Waals surface area contributed by atoms with Crippen molar-refractivity contribution in [1.29, 1.82) is 0 Å². The highest BCUT2D eigenvalue weighted by Gasteiger charge is 2.18. The Labute approximate surface area is 215 Å². The van der Waals surface area contributed by atoms with Crippen molar-refractivity contribution in [3.05, 3.63) is 99.6 Å². The lowest BCUT2D eigenvalue weighted by Crippen LogP contribution is -2.16. The second kappa shape index (κ2) is 12.7. The van der Waals surface area contributed by atoms with Crippen molar-refractivity contribution in [2.75, 3.05) is 0 Å². The summed E-state index contributed by atoms with van der Waals surface area (Å²) in [7, 11) is 0. The Hall–Kier alpha value is -4.84. The standard InChI is InChI=1S/C25H20N2O9S/c26-24(37)17-7-11-18(12-8-17)34-22(28)13-14-23(29)36-21-4-2-1-3-20(21)25(30)35-19-9-5-16(6-10-19)15-33-27(31)32/h1-12H,13-15H2,(H2,26,37). The first kappa shape index (κ1) is 26.8. The van der Waals surface area contributed by atoms with E-state index in [4.69, 9.17) is 32.2 Å². The number of esters is 3. The van der Waals surface area contributed by atoms with E-state index < -0.39 is 23.0 Å². The lowest BCUT2D eigenvalue weighted by atomic mass is 10.2. The molecule has 0 saturated heterocycles. The van der Waals surface area contributed by atoms with Crippen LogP contribution in [0.2, 0.25) is 0 Å². The number of carbonyl (C=O) groups is 3. The molecule has 12 heteroatoms. The van der Waals surface area contributed by atoms with E-state index in [1.165, 1.54) is 48.5 Å². The van der Waals surface area contributed by atoms with E-state index in [1.807, 2.05) is 0 Å². The fourth-order valence-electron chi connectivity index (χ4n) is 2.91. The Bertz CT molecular complexity index is 1310. The number of rotatable bonds is 11. The molecule has 0 heterocycles. The van der Waals surface area contributed by atoms with Gasteiger partial charge >= 0.3 is 17.9 Å². The highest BCUT2D eigenvalue weighted by atomic mass is 32.1. The van der Waals surface area contributed by atoms with Crippen LogP contribution in [0.3, 0.4) is 0 Å². The average Bonchev–Trinajstić information content (AvgIpc) is 2.87. The van der Waals surface area contributed by atoms with Gasteiger partial charge in [-0.15, -0.1) is 10.1 Å². The maximum absolute atomic E-state index is 12.6. The van der Waals surface area contributed by atoms with Crippen molar-refractivity contribution in [3.63, 3.8) is 0 Å². The summed E-state index contributed by atoms with van der Waals surface area (Å²) in [5.74, 6) is -1.81. The second-order valence-corrected chi connectivity index (χ2v) is 7.80. The summed E-state index contributed by atoms with van der Waals surface area (Å²) < 4.78 is 15.7. The van der Waals surface area contributed by atoms with Gasteiger partial charge in [0.25, 0.3) is 5.09 Å². The third kappa shape index (κ3) is 8.40. The normalized spacial score (nSPS) is 10.2. The van der Waals surface area contributed by atoms with Gasteiger partial charge in [0.15, 0.2) is 0 Å². The highest BCUT2D eigenvalue weighted by Crippen LogP contribution is 2.22.